The quantitative estimate of drug-likeness (QED) is 0.643. The lowest BCUT2D eigenvalue weighted by atomic mass is 10.2. The number of halogens is 1. The van der Waals surface area contributed by atoms with Crippen molar-refractivity contribution in [1.82, 2.24) is 9.97 Å². The number of nitrogens with one attached hydrogen (secondary N) is 2. The SMILES string of the molecule is O=c1[nH]ccc2c1[nH]c1ccc(Br)cc12. The van der Waals surface area contributed by atoms with Gasteiger partial charge in [0.25, 0.3) is 5.56 Å². The summed E-state index contributed by atoms with van der Waals surface area (Å²) in [6.45, 7) is 0. The maximum absolute atomic E-state index is 11.5. The fraction of sp³-hybridized carbons (Fsp3) is 0. The number of fused-ring (bicyclic) bond motifs is 3. The highest BCUT2D eigenvalue weighted by Crippen LogP contribution is 2.25. The van der Waals surface area contributed by atoms with Gasteiger partial charge in [-0.1, -0.05) is 15.9 Å². The zero-order valence-corrected chi connectivity index (χ0v) is 9.26. The maximum atomic E-state index is 11.5. The summed E-state index contributed by atoms with van der Waals surface area (Å²) in [4.78, 5) is 17.3. The summed E-state index contributed by atoms with van der Waals surface area (Å²) in [5.74, 6) is 0. The lowest BCUT2D eigenvalue weighted by molar-refractivity contribution is 1.26. The van der Waals surface area contributed by atoms with E-state index in [-0.39, 0.29) is 5.56 Å². The van der Waals surface area contributed by atoms with E-state index in [1.54, 1.807) is 6.20 Å². The average Bonchev–Trinajstić information content (AvgIpc) is 2.58. The lowest BCUT2D eigenvalue weighted by Crippen LogP contribution is -2.03. The molecule has 2 heterocycles. The van der Waals surface area contributed by atoms with Crippen LogP contribution in [0.25, 0.3) is 21.8 Å². The average molecular weight is 263 g/mol. The molecule has 0 bridgehead atoms. The van der Waals surface area contributed by atoms with Crippen molar-refractivity contribution in [2.45, 2.75) is 0 Å². The number of hydrogen-bond acceptors (Lipinski definition) is 1. The molecule has 0 fully saturated rings. The van der Waals surface area contributed by atoms with Crippen LogP contribution in [0.2, 0.25) is 0 Å². The summed E-state index contributed by atoms with van der Waals surface area (Å²) >= 11 is 3.42. The third-order valence-electron chi connectivity index (χ3n) is 2.49. The number of rotatable bonds is 0. The van der Waals surface area contributed by atoms with Crippen LogP contribution in [-0.2, 0) is 0 Å². The molecule has 2 N–H and O–H groups in total. The molecule has 0 spiro atoms. The molecule has 74 valence electrons. The normalized spacial score (nSPS) is 11.3. The number of aromatic nitrogens is 2. The van der Waals surface area contributed by atoms with Crippen LogP contribution in [0.3, 0.4) is 0 Å². The van der Waals surface area contributed by atoms with Gasteiger partial charge in [-0.15, -0.1) is 0 Å². The van der Waals surface area contributed by atoms with Crippen LogP contribution in [0.5, 0.6) is 0 Å². The molecule has 0 unspecified atom stereocenters. The Labute approximate surface area is 93.3 Å². The highest BCUT2D eigenvalue weighted by molar-refractivity contribution is 9.10. The third kappa shape index (κ3) is 1.22. The Hall–Kier alpha value is -1.55. The van der Waals surface area contributed by atoms with Gasteiger partial charge in [0, 0.05) is 27.0 Å². The monoisotopic (exact) mass is 262 g/mol. The van der Waals surface area contributed by atoms with E-state index in [0.717, 1.165) is 20.8 Å². The molecule has 0 aliphatic heterocycles. The Morgan fingerprint density at radius 2 is 2.00 bits per heavy atom. The smallest absolute Gasteiger partial charge is 0.272 e. The molecule has 0 aliphatic rings. The van der Waals surface area contributed by atoms with Crippen molar-refractivity contribution in [1.29, 1.82) is 0 Å². The summed E-state index contributed by atoms with van der Waals surface area (Å²) in [6, 6.07) is 7.82. The van der Waals surface area contributed by atoms with Crippen LogP contribution < -0.4 is 5.56 Å². The molecule has 15 heavy (non-hydrogen) atoms. The fourth-order valence-electron chi connectivity index (χ4n) is 1.81. The molecule has 3 aromatic rings. The van der Waals surface area contributed by atoms with Gasteiger partial charge in [0.1, 0.15) is 5.52 Å². The minimum atomic E-state index is -0.0835. The summed E-state index contributed by atoms with van der Waals surface area (Å²) in [5.41, 5.74) is 1.52. The van der Waals surface area contributed by atoms with Gasteiger partial charge < -0.3 is 9.97 Å². The van der Waals surface area contributed by atoms with Gasteiger partial charge in [-0.2, -0.15) is 0 Å². The Balaban J connectivity index is 2.64. The second-order valence-electron chi connectivity index (χ2n) is 3.41. The van der Waals surface area contributed by atoms with Crippen LogP contribution in [0, 0.1) is 0 Å². The number of pyridine rings is 1. The molecule has 0 aliphatic carbocycles. The molecule has 2 aromatic heterocycles. The molecular weight excluding hydrogens is 256 g/mol. The van der Waals surface area contributed by atoms with E-state index in [1.807, 2.05) is 24.3 Å². The molecule has 0 saturated carbocycles. The summed E-state index contributed by atoms with van der Waals surface area (Å²) in [6.07, 6.45) is 1.67. The lowest BCUT2D eigenvalue weighted by Gasteiger charge is -1.91. The second-order valence-corrected chi connectivity index (χ2v) is 4.33. The molecule has 4 heteroatoms. The van der Waals surface area contributed by atoms with Gasteiger partial charge in [0.15, 0.2) is 0 Å². The van der Waals surface area contributed by atoms with Crippen LogP contribution in [0.15, 0.2) is 39.7 Å². The van der Waals surface area contributed by atoms with Crippen molar-refractivity contribution < 1.29 is 0 Å². The van der Waals surface area contributed by atoms with E-state index < -0.39 is 0 Å². The molecule has 0 amide bonds. The van der Waals surface area contributed by atoms with Crippen LogP contribution in [0.4, 0.5) is 0 Å². The van der Waals surface area contributed by atoms with E-state index in [1.165, 1.54) is 0 Å². The van der Waals surface area contributed by atoms with Crippen LogP contribution in [-0.4, -0.2) is 9.97 Å². The highest BCUT2D eigenvalue weighted by atomic mass is 79.9. The highest BCUT2D eigenvalue weighted by Gasteiger charge is 2.06. The Morgan fingerprint density at radius 1 is 1.13 bits per heavy atom. The first kappa shape index (κ1) is 8.73. The standard InChI is InChI=1S/C11H7BrN2O/c12-6-1-2-9-8(5-6)7-3-4-13-11(15)10(7)14-9/h1-5,14H,(H,13,15). The molecule has 3 nitrogen and oxygen atoms in total. The van der Waals surface area contributed by atoms with Gasteiger partial charge >= 0.3 is 0 Å². The van der Waals surface area contributed by atoms with Crippen LogP contribution >= 0.6 is 15.9 Å². The van der Waals surface area contributed by atoms with Crippen molar-refractivity contribution in [3.05, 3.63) is 45.3 Å². The molecule has 0 saturated heterocycles. The minimum Gasteiger partial charge on any atom is -0.350 e. The van der Waals surface area contributed by atoms with Crippen molar-refractivity contribution in [2.24, 2.45) is 0 Å². The van der Waals surface area contributed by atoms with E-state index in [4.69, 9.17) is 0 Å². The summed E-state index contributed by atoms with van der Waals surface area (Å²) in [5, 5.41) is 2.01. The van der Waals surface area contributed by atoms with Crippen molar-refractivity contribution in [2.75, 3.05) is 0 Å². The van der Waals surface area contributed by atoms with Gasteiger partial charge in [-0.05, 0) is 24.3 Å². The molecule has 3 rings (SSSR count). The largest absolute Gasteiger partial charge is 0.350 e. The van der Waals surface area contributed by atoms with Gasteiger partial charge in [-0.3, -0.25) is 4.79 Å². The van der Waals surface area contributed by atoms with E-state index in [9.17, 15) is 4.79 Å². The Morgan fingerprint density at radius 3 is 2.87 bits per heavy atom. The zero-order valence-electron chi connectivity index (χ0n) is 7.67. The molecule has 1 aromatic carbocycles. The van der Waals surface area contributed by atoms with Crippen molar-refractivity contribution in [3.8, 4) is 0 Å². The first-order chi connectivity index (χ1) is 7.25. The first-order valence-electron chi connectivity index (χ1n) is 4.54. The predicted octanol–water partition coefficient (Wildman–Crippen LogP) is 2.77. The van der Waals surface area contributed by atoms with Crippen molar-refractivity contribution >= 4 is 37.7 Å². The molecule has 0 atom stereocenters. The minimum absolute atomic E-state index is 0.0835. The molecular formula is C11H7BrN2O. The van der Waals surface area contributed by atoms with E-state index in [2.05, 4.69) is 25.9 Å². The van der Waals surface area contributed by atoms with Gasteiger partial charge in [0.05, 0.1) is 0 Å². The number of aromatic amines is 2. The second kappa shape index (κ2) is 2.97. The van der Waals surface area contributed by atoms with E-state index >= 15 is 0 Å². The Kier molecular flexibility index (Phi) is 1.73. The topological polar surface area (TPSA) is 48.6 Å². The number of benzene rings is 1. The number of hydrogen-bond donors (Lipinski definition) is 2. The zero-order chi connectivity index (χ0) is 10.4. The summed E-state index contributed by atoms with van der Waals surface area (Å²) < 4.78 is 1.01. The molecule has 0 radical (unpaired) electrons. The first-order valence-corrected chi connectivity index (χ1v) is 5.33. The number of H-pyrrole nitrogens is 2. The third-order valence-corrected chi connectivity index (χ3v) is 2.99. The van der Waals surface area contributed by atoms with Crippen LogP contribution in [0.1, 0.15) is 0 Å². The Bertz CT molecular complexity index is 711. The summed E-state index contributed by atoms with van der Waals surface area (Å²) in [7, 11) is 0. The van der Waals surface area contributed by atoms with Gasteiger partial charge in [-0.25, -0.2) is 0 Å². The van der Waals surface area contributed by atoms with Gasteiger partial charge in [0.2, 0.25) is 0 Å². The predicted molar refractivity (Wildman–Crippen MR) is 64.1 cm³/mol. The van der Waals surface area contributed by atoms with Crippen molar-refractivity contribution in [3.63, 3.8) is 0 Å². The maximum Gasteiger partial charge on any atom is 0.272 e. The van der Waals surface area contributed by atoms with E-state index in [0.29, 0.717) is 5.52 Å². The fourth-order valence-corrected chi connectivity index (χ4v) is 2.17.